The maximum atomic E-state index is 10.6. The fourth-order valence-electron chi connectivity index (χ4n) is 5.53. The van der Waals surface area contributed by atoms with E-state index in [1.165, 1.54) is 17.0 Å². The van der Waals surface area contributed by atoms with Gasteiger partial charge < -0.3 is 19.7 Å². The molecule has 3 aromatic rings. The van der Waals surface area contributed by atoms with Gasteiger partial charge in [-0.3, -0.25) is 9.58 Å². The Morgan fingerprint density at radius 3 is 1.98 bits per heavy atom. The third-order valence-electron chi connectivity index (χ3n) is 7.31. The van der Waals surface area contributed by atoms with Crippen LogP contribution in [0.1, 0.15) is 55.5 Å². The van der Waals surface area contributed by atoms with Crippen molar-refractivity contribution in [1.29, 1.82) is 0 Å². The first-order valence-electron chi connectivity index (χ1n) is 13.7. The van der Waals surface area contributed by atoms with E-state index in [0.717, 1.165) is 57.3 Å². The minimum Gasteiger partial charge on any atom is -0.475 e. The molecule has 1 saturated heterocycles. The van der Waals surface area contributed by atoms with Gasteiger partial charge in [-0.15, -0.1) is 0 Å². The molecule has 0 bridgehead atoms. The predicted octanol–water partition coefficient (Wildman–Crippen LogP) is 4.12. The quantitative estimate of drug-likeness (QED) is 0.397. The lowest BCUT2D eigenvalue weighted by atomic mass is 9.72. The Balaban J connectivity index is 0.000000331. The van der Waals surface area contributed by atoms with Crippen molar-refractivity contribution in [2.45, 2.75) is 70.5 Å². The van der Waals surface area contributed by atoms with Gasteiger partial charge in [0.25, 0.3) is 0 Å². The van der Waals surface area contributed by atoms with Gasteiger partial charge >= 0.3 is 24.3 Å². The molecule has 1 fully saturated rings. The molecule has 12 nitrogen and oxygen atoms in total. The zero-order valence-corrected chi connectivity index (χ0v) is 25.0. The van der Waals surface area contributed by atoms with E-state index in [4.69, 9.17) is 24.8 Å². The molecule has 18 heteroatoms. The highest BCUT2D eigenvalue weighted by Crippen LogP contribution is 2.43. The molecule has 0 aliphatic carbocycles. The number of fused-ring (bicyclic) bond motifs is 2. The summed E-state index contributed by atoms with van der Waals surface area (Å²) in [5.41, 5.74) is 4.07. The number of carbonyl (C=O) groups is 2. The molecular weight excluding hydrogens is 614 g/mol. The number of hydrogen-bond acceptors (Lipinski definition) is 8. The smallest absolute Gasteiger partial charge is 0.475 e. The normalized spacial score (nSPS) is 16.4. The summed E-state index contributed by atoms with van der Waals surface area (Å²) in [5.74, 6) is -3.54. The molecule has 0 radical (unpaired) electrons. The Labute approximate surface area is 254 Å². The number of rotatable bonds is 4. The van der Waals surface area contributed by atoms with Crippen molar-refractivity contribution in [2.24, 2.45) is 7.05 Å². The van der Waals surface area contributed by atoms with E-state index < -0.39 is 24.3 Å². The molecule has 2 N–H and O–H groups in total. The second kappa shape index (κ2) is 13.8. The monoisotopic (exact) mass is 648 g/mol. The van der Waals surface area contributed by atoms with E-state index in [1.54, 1.807) is 0 Å². The molecule has 1 spiro atoms. The first-order chi connectivity index (χ1) is 20.8. The summed E-state index contributed by atoms with van der Waals surface area (Å²) in [6.45, 7) is 11.5. The van der Waals surface area contributed by atoms with Crippen LogP contribution in [-0.4, -0.2) is 88.3 Å². The van der Waals surface area contributed by atoms with Crippen molar-refractivity contribution in [3.63, 3.8) is 0 Å². The number of imidazole rings is 1. The van der Waals surface area contributed by atoms with E-state index in [9.17, 15) is 26.3 Å². The number of halogens is 6. The van der Waals surface area contributed by atoms with Gasteiger partial charge in [0.1, 0.15) is 5.82 Å². The van der Waals surface area contributed by atoms with Crippen LogP contribution in [0.25, 0.3) is 0 Å². The van der Waals surface area contributed by atoms with E-state index in [1.807, 2.05) is 36.4 Å². The van der Waals surface area contributed by atoms with E-state index >= 15 is 0 Å². The van der Waals surface area contributed by atoms with Crippen LogP contribution in [0.3, 0.4) is 0 Å². The molecular formula is C27H34F6N8O4. The van der Waals surface area contributed by atoms with Gasteiger partial charge in [0.05, 0.1) is 17.6 Å². The molecule has 5 heterocycles. The predicted molar refractivity (Wildman–Crippen MR) is 147 cm³/mol. The number of carboxylic acids is 2. The molecule has 5 rings (SSSR count). The van der Waals surface area contributed by atoms with Crippen molar-refractivity contribution >= 4 is 17.9 Å². The lowest BCUT2D eigenvalue weighted by Crippen LogP contribution is -2.52. The average molecular weight is 649 g/mol. The second-order valence-corrected chi connectivity index (χ2v) is 11.0. The highest BCUT2D eigenvalue weighted by atomic mass is 19.4. The van der Waals surface area contributed by atoms with E-state index in [0.29, 0.717) is 6.04 Å². The number of piperidine rings is 1. The van der Waals surface area contributed by atoms with Crippen LogP contribution in [0.5, 0.6) is 0 Å². The fraction of sp³-hybridized carbons (Fsp3) is 0.556. The maximum absolute atomic E-state index is 10.6. The number of nitrogens with zero attached hydrogens (tertiary/aromatic N) is 8. The molecule has 0 saturated carbocycles. The van der Waals surface area contributed by atoms with Crippen LogP contribution in [-0.2, 0) is 35.1 Å². The first-order valence-corrected chi connectivity index (χ1v) is 13.7. The summed E-state index contributed by atoms with van der Waals surface area (Å²) in [6, 6.07) is 2.28. The first kappa shape index (κ1) is 35.3. The van der Waals surface area contributed by atoms with Crippen molar-refractivity contribution < 1.29 is 46.1 Å². The Bertz CT molecular complexity index is 1420. The van der Waals surface area contributed by atoms with Crippen molar-refractivity contribution in [1.82, 2.24) is 34.2 Å². The zero-order valence-electron chi connectivity index (χ0n) is 25.0. The van der Waals surface area contributed by atoms with Gasteiger partial charge in [-0.1, -0.05) is 0 Å². The standard InChI is InChI=1S/C23H32N8.2C2HF3O2/c1-17(2)31-18(3)27-21-20(31)15-29(14-19-12-26-28(4)13-19)16-23(21)6-10-30(11-7-23)22-24-8-5-9-25-22;2*3-2(4,5)1(6)7/h5,8-9,12-13,17H,6-7,10-11,14-16H2,1-4H3;2*(H,6,7). The number of alkyl halides is 6. The minimum atomic E-state index is -5.08. The van der Waals surface area contributed by atoms with E-state index in [-0.39, 0.29) is 5.41 Å². The number of hydrogen-bond donors (Lipinski definition) is 2. The second-order valence-electron chi connectivity index (χ2n) is 11.0. The third kappa shape index (κ3) is 8.92. The summed E-state index contributed by atoms with van der Waals surface area (Å²) in [6.07, 6.45) is -0.263. The lowest BCUT2D eigenvalue weighted by Gasteiger charge is -2.47. The van der Waals surface area contributed by atoms with Gasteiger partial charge in [-0.2, -0.15) is 31.4 Å². The Morgan fingerprint density at radius 1 is 1.00 bits per heavy atom. The topological polar surface area (TPSA) is 142 Å². The molecule has 0 aromatic carbocycles. The molecule has 2 aliphatic heterocycles. The third-order valence-corrected chi connectivity index (χ3v) is 7.31. The summed E-state index contributed by atoms with van der Waals surface area (Å²) in [4.78, 5) is 36.8. The minimum absolute atomic E-state index is 0.0754. The summed E-state index contributed by atoms with van der Waals surface area (Å²) in [7, 11) is 1.98. The molecule has 0 unspecified atom stereocenters. The molecule has 0 amide bonds. The van der Waals surface area contributed by atoms with Gasteiger partial charge in [-0.25, -0.2) is 24.5 Å². The van der Waals surface area contributed by atoms with Gasteiger partial charge in [-0.05, 0) is 39.7 Å². The fourth-order valence-corrected chi connectivity index (χ4v) is 5.53. The Hall–Kier alpha value is -4.22. The number of anilines is 1. The molecule has 3 aromatic heterocycles. The van der Waals surface area contributed by atoms with Gasteiger partial charge in [0.2, 0.25) is 5.95 Å². The number of carboxylic acid groups (broad SMARTS) is 2. The highest BCUT2D eigenvalue weighted by Gasteiger charge is 2.46. The maximum Gasteiger partial charge on any atom is 0.490 e. The molecule has 248 valence electrons. The van der Waals surface area contributed by atoms with Crippen molar-refractivity contribution in [3.05, 3.63) is 53.6 Å². The zero-order chi connectivity index (χ0) is 33.7. The van der Waals surface area contributed by atoms with Crippen LogP contribution < -0.4 is 4.90 Å². The average Bonchev–Trinajstić information content (AvgIpc) is 3.51. The van der Waals surface area contributed by atoms with Crippen LogP contribution in [0, 0.1) is 6.92 Å². The van der Waals surface area contributed by atoms with Crippen LogP contribution >= 0.6 is 0 Å². The number of aryl methyl sites for hydroxylation is 2. The summed E-state index contributed by atoms with van der Waals surface area (Å²) in [5, 5.41) is 18.6. The SMILES string of the molecule is Cc1nc2c(n1C(C)C)CN(Cc1cnn(C)c1)CC21CCN(c2ncccn2)CC1.O=C(O)C(F)(F)F.O=C(O)C(F)(F)F. The van der Waals surface area contributed by atoms with Crippen LogP contribution in [0.15, 0.2) is 30.9 Å². The van der Waals surface area contributed by atoms with Crippen molar-refractivity contribution in [2.75, 3.05) is 24.5 Å². The van der Waals surface area contributed by atoms with Crippen LogP contribution in [0.4, 0.5) is 32.3 Å². The molecule has 45 heavy (non-hydrogen) atoms. The van der Waals surface area contributed by atoms with Gasteiger partial charge in [0, 0.05) is 75.4 Å². The van der Waals surface area contributed by atoms with Gasteiger partial charge in [0.15, 0.2) is 0 Å². The largest absolute Gasteiger partial charge is 0.490 e. The Kier molecular flexibility index (Phi) is 10.8. The molecule has 0 atom stereocenters. The lowest BCUT2D eigenvalue weighted by molar-refractivity contribution is -0.193. The highest BCUT2D eigenvalue weighted by molar-refractivity contribution is 5.73. The summed E-state index contributed by atoms with van der Waals surface area (Å²) >= 11 is 0. The summed E-state index contributed by atoms with van der Waals surface area (Å²) < 4.78 is 67.8. The van der Waals surface area contributed by atoms with E-state index in [2.05, 4.69) is 56.4 Å². The number of aromatic nitrogens is 6. The Morgan fingerprint density at radius 2 is 1.53 bits per heavy atom. The number of aliphatic carboxylic acids is 2. The van der Waals surface area contributed by atoms with Crippen LogP contribution in [0.2, 0.25) is 0 Å². The molecule has 2 aliphatic rings. The van der Waals surface area contributed by atoms with Crippen molar-refractivity contribution in [3.8, 4) is 0 Å².